The number of aliphatic hydroxyl groups is 1. The summed E-state index contributed by atoms with van der Waals surface area (Å²) in [5.74, 6) is -0.210. The molecule has 0 heterocycles. The monoisotopic (exact) mass is 261 g/mol. The van der Waals surface area contributed by atoms with E-state index in [-0.39, 0.29) is 12.4 Å². The van der Waals surface area contributed by atoms with Crippen LogP contribution in [0.4, 0.5) is 4.39 Å². The Kier molecular flexibility index (Phi) is 4.51. The van der Waals surface area contributed by atoms with Crippen LogP contribution in [0.25, 0.3) is 0 Å². The van der Waals surface area contributed by atoms with Crippen LogP contribution in [0.2, 0.25) is 0 Å². The number of benzene rings is 1. The van der Waals surface area contributed by atoms with Crippen molar-refractivity contribution in [3.63, 3.8) is 0 Å². The zero-order chi connectivity index (χ0) is 10.6. The van der Waals surface area contributed by atoms with Crippen LogP contribution < -0.4 is 0 Å². The van der Waals surface area contributed by atoms with Gasteiger partial charge in [0.25, 0.3) is 0 Å². The molecule has 1 aromatic carbocycles. The summed E-state index contributed by atoms with van der Waals surface area (Å²) in [5.41, 5.74) is 0.635. The molecule has 1 aromatic rings. The second-order valence-electron chi connectivity index (χ2n) is 3.20. The maximum Gasteiger partial charge on any atom is 0.127 e. The van der Waals surface area contributed by atoms with Gasteiger partial charge in [-0.1, -0.05) is 15.9 Å². The second-order valence-corrected chi connectivity index (χ2v) is 4.11. The number of rotatable bonds is 4. The van der Waals surface area contributed by atoms with Crippen LogP contribution in [-0.2, 0) is 6.54 Å². The predicted octanol–water partition coefficient (Wildman–Crippen LogP) is 2.01. The first-order valence-electron chi connectivity index (χ1n) is 4.37. The van der Waals surface area contributed by atoms with Crippen molar-refractivity contribution < 1.29 is 9.50 Å². The maximum absolute atomic E-state index is 13.3. The summed E-state index contributed by atoms with van der Waals surface area (Å²) in [6, 6.07) is 4.86. The van der Waals surface area contributed by atoms with Crippen LogP contribution in [-0.4, -0.2) is 30.2 Å². The molecule has 0 spiro atoms. The lowest BCUT2D eigenvalue weighted by molar-refractivity contribution is 0.216. The van der Waals surface area contributed by atoms with Crippen LogP contribution in [0.5, 0.6) is 0 Å². The molecular formula is C10H13BrFNO. The molecule has 78 valence electrons. The van der Waals surface area contributed by atoms with Gasteiger partial charge in [-0.2, -0.15) is 0 Å². The van der Waals surface area contributed by atoms with E-state index in [1.54, 1.807) is 12.1 Å². The molecule has 0 aliphatic carbocycles. The summed E-state index contributed by atoms with van der Waals surface area (Å²) in [4.78, 5) is 1.87. The summed E-state index contributed by atoms with van der Waals surface area (Å²) in [6.07, 6.45) is 0. The van der Waals surface area contributed by atoms with Gasteiger partial charge >= 0.3 is 0 Å². The van der Waals surface area contributed by atoms with Gasteiger partial charge in [-0.05, 0) is 25.2 Å². The van der Waals surface area contributed by atoms with Crippen molar-refractivity contribution in [1.82, 2.24) is 4.90 Å². The Morgan fingerprint density at radius 2 is 2.21 bits per heavy atom. The number of hydrogen-bond donors (Lipinski definition) is 1. The third kappa shape index (κ3) is 3.36. The minimum absolute atomic E-state index is 0.0894. The third-order valence-corrected chi connectivity index (χ3v) is 2.42. The molecular weight excluding hydrogens is 249 g/mol. The van der Waals surface area contributed by atoms with E-state index in [9.17, 15) is 4.39 Å². The van der Waals surface area contributed by atoms with Crippen molar-refractivity contribution in [1.29, 1.82) is 0 Å². The molecule has 0 atom stereocenters. The number of nitrogens with zero attached hydrogens (tertiary/aromatic N) is 1. The Bertz CT molecular complexity index is 306. The minimum atomic E-state index is -0.210. The van der Waals surface area contributed by atoms with Crippen LogP contribution in [0.15, 0.2) is 22.7 Å². The molecule has 0 unspecified atom stereocenters. The quantitative estimate of drug-likeness (QED) is 0.897. The Morgan fingerprint density at radius 1 is 1.50 bits per heavy atom. The molecule has 14 heavy (non-hydrogen) atoms. The summed E-state index contributed by atoms with van der Waals surface area (Å²) >= 11 is 3.29. The lowest BCUT2D eigenvalue weighted by Crippen LogP contribution is -2.22. The second kappa shape index (κ2) is 5.44. The highest BCUT2D eigenvalue weighted by molar-refractivity contribution is 9.10. The molecule has 0 fully saturated rings. The molecule has 0 bridgehead atoms. The van der Waals surface area contributed by atoms with E-state index >= 15 is 0 Å². The van der Waals surface area contributed by atoms with E-state index in [2.05, 4.69) is 15.9 Å². The minimum Gasteiger partial charge on any atom is -0.395 e. The van der Waals surface area contributed by atoms with Gasteiger partial charge < -0.3 is 5.11 Å². The van der Waals surface area contributed by atoms with E-state index in [1.807, 2.05) is 11.9 Å². The fourth-order valence-corrected chi connectivity index (χ4v) is 1.61. The SMILES string of the molecule is CN(CCO)Cc1cc(Br)ccc1F. The Morgan fingerprint density at radius 3 is 2.86 bits per heavy atom. The van der Waals surface area contributed by atoms with Gasteiger partial charge in [0, 0.05) is 23.1 Å². The fourth-order valence-electron chi connectivity index (χ4n) is 1.21. The highest BCUT2D eigenvalue weighted by Gasteiger charge is 2.05. The lowest BCUT2D eigenvalue weighted by atomic mass is 10.2. The van der Waals surface area contributed by atoms with E-state index in [1.165, 1.54) is 6.07 Å². The Hall–Kier alpha value is -0.450. The van der Waals surface area contributed by atoms with E-state index in [0.717, 1.165) is 4.47 Å². The van der Waals surface area contributed by atoms with Gasteiger partial charge in [0.05, 0.1) is 6.61 Å². The molecule has 1 N–H and O–H groups in total. The van der Waals surface area contributed by atoms with Gasteiger partial charge in [0.2, 0.25) is 0 Å². The van der Waals surface area contributed by atoms with E-state index in [0.29, 0.717) is 18.7 Å². The molecule has 4 heteroatoms. The van der Waals surface area contributed by atoms with Gasteiger partial charge in [-0.3, -0.25) is 4.90 Å². The van der Waals surface area contributed by atoms with Crippen molar-refractivity contribution in [3.8, 4) is 0 Å². The fraction of sp³-hybridized carbons (Fsp3) is 0.400. The van der Waals surface area contributed by atoms with Crippen molar-refractivity contribution in [3.05, 3.63) is 34.1 Å². The number of aliphatic hydroxyl groups excluding tert-OH is 1. The first-order chi connectivity index (χ1) is 6.63. The molecule has 1 rings (SSSR count). The maximum atomic E-state index is 13.3. The standard InChI is InChI=1S/C10H13BrFNO/c1-13(4-5-14)7-8-6-9(11)2-3-10(8)12/h2-3,6,14H,4-5,7H2,1H3. The van der Waals surface area contributed by atoms with Crippen LogP contribution in [0.3, 0.4) is 0 Å². The summed E-state index contributed by atoms with van der Waals surface area (Å²) < 4.78 is 14.1. The number of hydrogen-bond acceptors (Lipinski definition) is 2. The number of halogens is 2. The normalized spacial score (nSPS) is 10.9. The molecule has 0 aliphatic rings. The molecule has 0 saturated heterocycles. The zero-order valence-corrected chi connectivity index (χ0v) is 9.59. The largest absolute Gasteiger partial charge is 0.395 e. The molecule has 0 saturated carbocycles. The lowest BCUT2D eigenvalue weighted by Gasteiger charge is -2.15. The van der Waals surface area contributed by atoms with Gasteiger partial charge in [0.1, 0.15) is 5.82 Å². The summed E-state index contributed by atoms with van der Waals surface area (Å²) in [5, 5.41) is 8.69. The average Bonchev–Trinajstić information content (AvgIpc) is 2.12. The van der Waals surface area contributed by atoms with Crippen LogP contribution in [0.1, 0.15) is 5.56 Å². The smallest absolute Gasteiger partial charge is 0.127 e. The van der Waals surface area contributed by atoms with E-state index < -0.39 is 0 Å². The van der Waals surface area contributed by atoms with Crippen LogP contribution in [0, 0.1) is 5.82 Å². The van der Waals surface area contributed by atoms with Crippen molar-refractivity contribution >= 4 is 15.9 Å². The first-order valence-corrected chi connectivity index (χ1v) is 5.16. The molecule has 0 aliphatic heterocycles. The predicted molar refractivity (Wildman–Crippen MR) is 57.5 cm³/mol. The van der Waals surface area contributed by atoms with Gasteiger partial charge in [-0.25, -0.2) is 4.39 Å². The zero-order valence-electron chi connectivity index (χ0n) is 8.00. The third-order valence-electron chi connectivity index (χ3n) is 1.93. The number of likely N-dealkylation sites (N-methyl/N-ethyl adjacent to an activating group) is 1. The van der Waals surface area contributed by atoms with E-state index in [4.69, 9.17) is 5.11 Å². The summed E-state index contributed by atoms with van der Waals surface area (Å²) in [7, 11) is 1.84. The van der Waals surface area contributed by atoms with Gasteiger partial charge in [0.15, 0.2) is 0 Å². The van der Waals surface area contributed by atoms with Crippen molar-refractivity contribution in [2.24, 2.45) is 0 Å². The highest BCUT2D eigenvalue weighted by atomic mass is 79.9. The molecule has 2 nitrogen and oxygen atoms in total. The first kappa shape index (κ1) is 11.6. The average molecular weight is 262 g/mol. The Balaban J connectivity index is 2.70. The topological polar surface area (TPSA) is 23.5 Å². The van der Waals surface area contributed by atoms with Crippen LogP contribution >= 0.6 is 15.9 Å². The molecule has 0 aromatic heterocycles. The van der Waals surface area contributed by atoms with Crippen molar-refractivity contribution in [2.45, 2.75) is 6.54 Å². The van der Waals surface area contributed by atoms with Gasteiger partial charge in [-0.15, -0.1) is 0 Å². The van der Waals surface area contributed by atoms with Crippen molar-refractivity contribution in [2.75, 3.05) is 20.2 Å². The molecule has 0 amide bonds. The Labute approximate surface area is 91.5 Å². The molecule has 0 radical (unpaired) electrons. The summed E-state index contributed by atoms with van der Waals surface area (Å²) in [6.45, 7) is 1.14. The highest BCUT2D eigenvalue weighted by Crippen LogP contribution is 2.16.